The minimum Gasteiger partial charge on any atom is -0.354 e. The summed E-state index contributed by atoms with van der Waals surface area (Å²) >= 11 is 0. The fourth-order valence-corrected chi connectivity index (χ4v) is 3.90. The molecule has 2 heterocycles. The average Bonchev–Trinajstić information content (AvgIpc) is 2.85. The van der Waals surface area contributed by atoms with Crippen LogP contribution >= 0.6 is 0 Å². The predicted molar refractivity (Wildman–Crippen MR) is 97.9 cm³/mol. The standard InChI is InChI=1S/C21H24N2/c1-3-6-15-7-4-8-16(13-15)21-18-11-12-22-14(2)17-9-5-10-19(23-21)20(17)18/h4-5,7-10,13-14,22-23H,3,6,11-12H2,1-2H3. The predicted octanol–water partition coefficient (Wildman–Crippen LogP) is 4.99. The summed E-state index contributed by atoms with van der Waals surface area (Å²) in [4.78, 5) is 3.70. The molecule has 1 aromatic heterocycles. The van der Waals surface area contributed by atoms with E-state index in [-0.39, 0.29) is 0 Å². The Labute approximate surface area is 137 Å². The lowest BCUT2D eigenvalue weighted by molar-refractivity contribution is 0.589. The zero-order valence-electron chi connectivity index (χ0n) is 13.9. The highest BCUT2D eigenvalue weighted by atomic mass is 14.9. The number of aromatic nitrogens is 1. The first-order chi connectivity index (χ1) is 11.3. The molecular weight excluding hydrogens is 280 g/mol. The Balaban J connectivity index is 1.92. The summed E-state index contributed by atoms with van der Waals surface area (Å²) in [6, 6.07) is 16.1. The molecule has 1 atom stereocenters. The Morgan fingerprint density at radius 2 is 2.00 bits per heavy atom. The molecule has 3 aromatic rings. The van der Waals surface area contributed by atoms with Crippen LogP contribution in [0.3, 0.4) is 0 Å². The molecule has 0 spiro atoms. The molecule has 1 unspecified atom stereocenters. The third-order valence-corrected chi connectivity index (χ3v) is 5.01. The van der Waals surface area contributed by atoms with Gasteiger partial charge >= 0.3 is 0 Å². The van der Waals surface area contributed by atoms with Gasteiger partial charge in [-0.3, -0.25) is 0 Å². The van der Waals surface area contributed by atoms with Crippen LogP contribution < -0.4 is 5.32 Å². The molecule has 2 heteroatoms. The molecule has 0 aliphatic carbocycles. The van der Waals surface area contributed by atoms with Gasteiger partial charge in [0.2, 0.25) is 0 Å². The molecule has 4 rings (SSSR count). The van der Waals surface area contributed by atoms with Gasteiger partial charge in [-0.2, -0.15) is 0 Å². The van der Waals surface area contributed by atoms with Crippen molar-refractivity contribution >= 4 is 10.9 Å². The van der Waals surface area contributed by atoms with E-state index >= 15 is 0 Å². The van der Waals surface area contributed by atoms with E-state index in [2.05, 4.69) is 66.6 Å². The van der Waals surface area contributed by atoms with Gasteiger partial charge in [-0.15, -0.1) is 0 Å². The molecule has 2 aromatic carbocycles. The summed E-state index contributed by atoms with van der Waals surface area (Å²) in [6.45, 7) is 5.53. The quantitative estimate of drug-likeness (QED) is 0.700. The van der Waals surface area contributed by atoms with E-state index in [0.29, 0.717) is 6.04 Å². The summed E-state index contributed by atoms with van der Waals surface area (Å²) < 4.78 is 0. The van der Waals surface area contributed by atoms with Crippen LogP contribution in [0.2, 0.25) is 0 Å². The third-order valence-electron chi connectivity index (χ3n) is 5.01. The number of rotatable bonds is 3. The van der Waals surface area contributed by atoms with Gasteiger partial charge in [-0.1, -0.05) is 43.7 Å². The van der Waals surface area contributed by atoms with Crippen LogP contribution in [-0.4, -0.2) is 11.5 Å². The molecule has 0 amide bonds. The third kappa shape index (κ3) is 2.47. The maximum absolute atomic E-state index is 3.70. The molecule has 0 radical (unpaired) electrons. The first kappa shape index (κ1) is 14.5. The maximum Gasteiger partial charge on any atom is 0.0498 e. The van der Waals surface area contributed by atoms with Crippen molar-refractivity contribution in [1.82, 2.24) is 10.3 Å². The van der Waals surface area contributed by atoms with Gasteiger partial charge in [0.05, 0.1) is 0 Å². The fourth-order valence-electron chi connectivity index (χ4n) is 3.90. The second kappa shape index (κ2) is 5.86. The Morgan fingerprint density at radius 1 is 1.13 bits per heavy atom. The number of hydrogen-bond donors (Lipinski definition) is 2. The molecule has 0 fully saturated rings. The molecule has 2 N–H and O–H groups in total. The number of hydrogen-bond acceptors (Lipinski definition) is 1. The van der Waals surface area contributed by atoms with Crippen LogP contribution in [-0.2, 0) is 12.8 Å². The summed E-state index contributed by atoms with van der Waals surface area (Å²) in [6.07, 6.45) is 3.41. The van der Waals surface area contributed by atoms with Crippen molar-refractivity contribution in [1.29, 1.82) is 0 Å². The highest BCUT2D eigenvalue weighted by molar-refractivity contribution is 5.94. The molecule has 0 bridgehead atoms. The van der Waals surface area contributed by atoms with Crippen LogP contribution in [0, 0.1) is 0 Å². The van der Waals surface area contributed by atoms with E-state index in [4.69, 9.17) is 0 Å². The second-order valence-electron chi connectivity index (χ2n) is 6.62. The van der Waals surface area contributed by atoms with Crippen molar-refractivity contribution in [3.05, 3.63) is 59.2 Å². The van der Waals surface area contributed by atoms with E-state index in [0.717, 1.165) is 19.4 Å². The van der Waals surface area contributed by atoms with Crippen molar-refractivity contribution in [3.8, 4) is 11.3 Å². The van der Waals surface area contributed by atoms with Gasteiger partial charge in [-0.05, 0) is 60.7 Å². The van der Waals surface area contributed by atoms with E-state index < -0.39 is 0 Å². The van der Waals surface area contributed by atoms with Gasteiger partial charge in [0.1, 0.15) is 0 Å². The minimum absolute atomic E-state index is 0.412. The van der Waals surface area contributed by atoms with Crippen LogP contribution in [0.4, 0.5) is 0 Å². The topological polar surface area (TPSA) is 27.8 Å². The van der Waals surface area contributed by atoms with Gasteiger partial charge in [-0.25, -0.2) is 0 Å². The molecule has 23 heavy (non-hydrogen) atoms. The Kier molecular flexibility index (Phi) is 3.70. The SMILES string of the molecule is CCCc1cccc(-c2[nH]c3cccc4c3c2CCNC4C)c1. The van der Waals surface area contributed by atoms with E-state index in [1.165, 1.54) is 45.3 Å². The maximum atomic E-state index is 3.70. The number of nitrogens with one attached hydrogen (secondary N) is 2. The zero-order valence-corrected chi connectivity index (χ0v) is 13.9. The van der Waals surface area contributed by atoms with Gasteiger partial charge in [0.15, 0.2) is 0 Å². The van der Waals surface area contributed by atoms with Crippen molar-refractivity contribution in [2.24, 2.45) is 0 Å². The number of H-pyrrole nitrogens is 1. The first-order valence-electron chi connectivity index (χ1n) is 8.74. The van der Waals surface area contributed by atoms with Crippen LogP contribution in [0.1, 0.15) is 43.0 Å². The lowest BCUT2D eigenvalue weighted by Crippen LogP contribution is -2.19. The fraction of sp³-hybridized carbons (Fsp3) is 0.333. The first-order valence-corrected chi connectivity index (χ1v) is 8.74. The van der Waals surface area contributed by atoms with E-state index in [1.807, 2.05) is 0 Å². The number of aromatic amines is 1. The summed E-state index contributed by atoms with van der Waals surface area (Å²) in [7, 11) is 0. The summed E-state index contributed by atoms with van der Waals surface area (Å²) in [5, 5.41) is 5.07. The largest absolute Gasteiger partial charge is 0.354 e. The van der Waals surface area contributed by atoms with Crippen molar-refractivity contribution in [2.45, 2.75) is 39.2 Å². The molecule has 0 saturated heterocycles. The Morgan fingerprint density at radius 3 is 2.87 bits per heavy atom. The number of aryl methyl sites for hydroxylation is 1. The number of benzene rings is 2. The van der Waals surface area contributed by atoms with Crippen LogP contribution in [0.5, 0.6) is 0 Å². The Bertz CT molecular complexity index is 844. The molecular formula is C21H24N2. The van der Waals surface area contributed by atoms with E-state index in [9.17, 15) is 0 Å². The molecule has 118 valence electrons. The lowest BCUT2D eigenvalue weighted by Gasteiger charge is -2.11. The normalized spacial score (nSPS) is 17.4. The highest BCUT2D eigenvalue weighted by Gasteiger charge is 2.21. The molecule has 1 aliphatic rings. The molecule has 2 nitrogen and oxygen atoms in total. The van der Waals surface area contributed by atoms with Gasteiger partial charge in [0, 0.05) is 22.6 Å². The monoisotopic (exact) mass is 304 g/mol. The summed E-state index contributed by atoms with van der Waals surface area (Å²) in [5.74, 6) is 0. The van der Waals surface area contributed by atoms with Crippen LogP contribution in [0.25, 0.3) is 22.2 Å². The smallest absolute Gasteiger partial charge is 0.0498 e. The van der Waals surface area contributed by atoms with Gasteiger partial charge in [0.25, 0.3) is 0 Å². The lowest BCUT2D eigenvalue weighted by atomic mass is 9.97. The zero-order chi connectivity index (χ0) is 15.8. The van der Waals surface area contributed by atoms with Gasteiger partial charge < -0.3 is 10.3 Å². The summed E-state index contributed by atoms with van der Waals surface area (Å²) in [5.41, 5.74) is 8.22. The highest BCUT2D eigenvalue weighted by Crippen LogP contribution is 2.36. The minimum atomic E-state index is 0.412. The van der Waals surface area contributed by atoms with Crippen molar-refractivity contribution in [3.63, 3.8) is 0 Å². The van der Waals surface area contributed by atoms with Crippen molar-refractivity contribution in [2.75, 3.05) is 6.54 Å². The average molecular weight is 304 g/mol. The van der Waals surface area contributed by atoms with Crippen LogP contribution in [0.15, 0.2) is 42.5 Å². The second-order valence-corrected chi connectivity index (χ2v) is 6.62. The molecule has 0 saturated carbocycles. The Hall–Kier alpha value is -2.06. The molecule has 1 aliphatic heterocycles. The van der Waals surface area contributed by atoms with E-state index in [1.54, 1.807) is 0 Å². The van der Waals surface area contributed by atoms with Crippen molar-refractivity contribution < 1.29 is 0 Å².